The van der Waals surface area contributed by atoms with E-state index < -0.39 is 322 Å². The summed E-state index contributed by atoms with van der Waals surface area (Å²) in [6, 6.07) is -4.97. The number of allylic oxidation sites excluding steroid dienone is 1. The van der Waals surface area contributed by atoms with Crippen LogP contribution >= 0.6 is 0 Å². The van der Waals surface area contributed by atoms with Gasteiger partial charge in [-0.05, 0) is 26.2 Å². The normalized spacial score (nSPS) is 38.6. The topological polar surface area (TPSA) is 700 Å². The summed E-state index contributed by atoms with van der Waals surface area (Å²) in [6.07, 6.45) is -32.4. The zero-order valence-corrected chi connectivity index (χ0v) is 82.6. The maximum atomic E-state index is 13.7. The van der Waals surface area contributed by atoms with Gasteiger partial charge in [0.05, 0.1) is 71.1 Å². The Morgan fingerprint density at radius 3 is 0.972 bits per heavy atom. The molecule has 42 atom stereocenters. The van der Waals surface area contributed by atoms with Gasteiger partial charge in [-0.1, -0.05) is 231 Å². The minimum Gasteiger partial charge on any atom is -0.394 e. The van der Waals surface area contributed by atoms with Crippen LogP contribution in [0.2, 0.25) is 0 Å². The molecule has 0 spiro atoms. The molecule has 824 valence electrons. The van der Waals surface area contributed by atoms with Crippen molar-refractivity contribution in [1.29, 1.82) is 0 Å². The van der Waals surface area contributed by atoms with E-state index in [4.69, 9.17) is 75.8 Å². The Labute approximate surface area is 826 Å². The van der Waals surface area contributed by atoms with Crippen molar-refractivity contribution in [2.75, 3.05) is 52.9 Å². The van der Waals surface area contributed by atoms with Gasteiger partial charge in [0.1, 0.15) is 189 Å². The molecule has 8 aliphatic rings. The third-order valence-corrected chi connectivity index (χ3v) is 27.9. The van der Waals surface area contributed by atoms with Crippen molar-refractivity contribution < 1.29 is 208 Å². The third-order valence-electron chi connectivity index (χ3n) is 27.9. The van der Waals surface area contributed by atoms with Gasteiger partial charge in [0.25, 0.3) is 0 Å². The molecule has 8 heterocycles. The largest absolute Gasteiger partial charge is 0.394 e. The first-order valence-electron chi connectivity index (χ1n) is 51.9. The van der Waals surface area contributed by atoms with Gasteiger partial charge in [0.2, 0.25) is 17.7 Å². The highest BCUT2D eigenvalue weighted by molar-refractivity contribution is 5.76. The smallest absolute Gasteiger partial charge is 0.220 e. The Morgan fingerprint density at radius 1 is 0.291 bits per heavy atom. The van der Waals surface area contributed by atoms with Gasteiger partial charge >= 0.3 is 0 Å². The molecule has 0 aliphatic carbocycles. The second-order valence-corrected chi connectivity index (χ2v) is 39.1. The number of unbranched alkanes of at least 4 members (excludes halogenated alkanes) is 33. The fraction of sp³-hybridized carbons (Fsp3) is 0.948. The van der Waals surface area contributed by atoms with Crippen molar-refractivity contribution in [3.8, 4) is 0 Å². The average molecular weight is 2040 g/mol. The summed E-state index contributed by atoms with van der Waals surface area (Å²) < 4.78 is 95.9. The van der Waals surface area contributed by atoms with Crippen LogP contribution in [-0.4, -0.2) is 446 Å². The summed E-state index contributed by atoms with van der Waals surface area (Å²) in [5, 5.41) is 267. The molecule has 0 radical (unpaired) electrons. The molecule has 45 heteroatoms. The molecule has 3 amide bonds. The van der Waals surface area contributed by atoms with Gasteiger partial charge < -0.3 is 209 Å². The van der Waals surface area contributed by atoms with Crippen LogP contribution in [0.4, 0.5) is 0 Å². The summed E-state index contributed by atoms with van der Waals surface area (Å²) in [4.78, 5) is 40.0. The number of hydrogen-bond acceptors (Lipinski definition) is 42. The molecule has 0 aromatic carbocycles. The van der Waals surface area contributed by atoms with Gasteiger partial charge in [-0.3, -0.25) is 14.4 Å². The molecular weight excluding hydrogens is 1870 g/mol. The number of carbonyl (C=O) groups is 3. The van der Waals surface area contributed by atoms with Crippen LogP contribution in [-0.2, 0) is 90.2 Å². The highest BCUT2D eigenvalue weighted by atomic mass is 16.8. The molecular formula is C96H173N3O42. The third kappa shape index (κ3) is 36.7. The molecule has 8 fully saturated rings. The van der Waals surface area contributed by atoms with E-state index in [1.807, 2.05) is 6.08 Å². The first-order valence-corrected chi connectivity index (χ1v) is 51.9. The van der Waals surface area contributed by atoms with E-state index in [9.17, 15) is 132 Å². The fourth-order valence-electron chi connectivity index (χ4n) is 19.4. The summed E-state index contributed by atoms with van der Waals surface area (Å²) in [5.74, 6) is -2.22. The number of hydrogen-bond donors (Lipinski definition) is 26. The van der Waals surface area contributed by atoms with Crippen LogP contribution in [0.15, 0.2) is 12.2 Å². The van der Waals surface area contributed by atoms with Crippen molar-refractivity contribution in [2.45, 2.75) is 523 Å². The number of ether oxygens (including phenoxy) is 16. The van der Waals surface area contributed by atoms with E-state index in [2.05, 4.69) is 29.8 Å². The SMILES string of the molecule is CCCCCCCCCCCCC/C=C/[C@@H](O)[C@H](CO[C@@H]1OC(CO)[C@@H](O[C@@H]2OC(CO)[C@H](O)[C@H](O[C@@H]3OC(CO)[C@@H](O[C@@H]4OC(CO)[C@H](O)[C@H](O[C@@H]5OC(CO)[C@@H](O[C@@H]6OC(CO)[C@H](O)[C@H](O[C@H]7OC(CO)[C@H](O)[C@H](O)C7O)C6O[C@H]6OC(C)[C@@H](O)C(O)[C@@H]6O)[C@H](O)C5NC(C)=O)C4O)[C@H](O)C3NC(C)=O)C2O)[C@H](O)C1O)NC(=O)CCCCCCCCCCCCCCCCCCCCCCCCC. The van der Waals surface area contributed by atoms with Gasteiger partial charge in [0.15, 0.2) is 50.3 Å². The van der Waals surface area contributed by atoms with E-state index in [-0.39, 0.29) is 12.3 Å². The molecule has 0 aromatic heterocycles. The summed E-state index contributed by atoms with van der Waals surface area (Å²) in [5.41, 5.74) is 0. The van der Waals surface area contributed by atoms with Crippen LogP contribution in [0, 0.1) is 0 Å². The predicted molar refractivity (Wildman–Crippen MR) is 495 cm³/mol. The quantitative estimate of drug-likeness (QED) is 0.0219. The second-order valence-electron chi connectivity index (χ2n) is 39.1. The first kappa shape index (κ1) is 123. The number of amides is 3. The minimum atomic E-state index is -2.36. The fourth-order valence-corrected chi connectivity index (χ4v) is 19.4. The maximum absolute atomic E-state index is 13.7. The lowest BCUT2D eigenvalue weighted by atomic mass is 9.93. The summed E-state index contributed by atoms with van der Waals surface area (Å²) >= 11 is 0. The van der Waals surface area contributed by atoms with Gasteiger partial charge in [-0.15, -0.1) is 0 Å². The molecule has 45 nitrogen and oxygen atoms in total. The van der Waals surface area contributed by atoms with Crippen molar-refractivity contribution in [1.82, 2.24) is 16.0 Å². The Balaban J connectivity index is 0.891. The average Bonchev–Trinajstić information content (AvgIpc) is 0.774. The second kappa shape index (κ2) is 65.0. The van der Waals surface area contributed by atoms with E-state index >= 15 is 0 Å². The molecule has 8 rings (SSSR count). The van der Waals surface area contributed by atoms with Gasteiger partial charge in [-0.25, -0.2) is 0 Å². The molecule has 0 aromatic rings. The van der Waals surface area contributed by atoms with E-state index in [0.29, 0.717) is 12.8 Å². The highest BCUT2D eigenvalue weighted by Crippen LogP contribution is 2.41. The first-order chi connectivity index (χ1) is 67.8. The van der Waals surface area contributed by atoms with Crippen molar-refractivity contribution in [2.24, 2.45) is 0 Å². The monoisotopic (exact) mass is 2040 g/mol. The number of rotatable bonds is 65. The minimum absolute atomic E-state index is 0.156. The zero-order chi connectivity index (χ0) is 103. The van der Waals surface area contributed by atoms with E-state index in [0.717, 1.165) is 65.2 Å². The van der Waals surface area contributed by atoms with Crippen LogP contribution in [0.3, 0.4) is 0 Å². The number of aliphatic hydroxyl groups excluding tert-OH is 23. The zero-order valence-electron chi connectivity index (χ0n) is 82.6. The maximum Gasteiger partial charge on any atom is 0.220 e. The molecule has 8 aliphatic heterocycles. The van der Waals surface area contributed by atoms with E-state index in [1.54, 1.807) is 6.08 Å². The lowest BCUT2D eigenvalue weighted by Crippen LogP contribution is -2.71. The lowest BCUT2D eigenvalue weighted by molar-refractivity contribution is -0.405. The molecule has 16 unspecified atom stereocenters. The lowest BCUT2D eigenvalue weighted by Gasteiger charge is -2.51. The van der Waals surface area contributed by atoms with Crippen molar-refractivity contribution in [3.05, 3.63) is 12.2 Å². The predicted octanol–water partition coefficient (Wildman–Crippen LogP) is -2.63. The standard InChI is InChI=1S/C96H173N3O42/c1-6-8-10-12-14-16-18-20-21-22-23-24-25-26-27-28-29-31-33-35-37-39-41-43-64(110)99-55(56(109)42-40-38-36-34-32-30-19-17-15-13-11-9-7-2)51-126-91-79(123)76(120)84(63(50-106)134-91)136-95-81(125)86(70(114)59(46-102)130-95)139-89-65(97-53(4)107)72(116)82(61(48-104)132-89)135-94-80(124)85(69(113)58(45-101)129-94)138-90-66(98-54(5)108)73(117)83(62(49-105)133-90)137-96-88(141-92-77(121)74(118)67(111)52(3)127-92)87(71(115)60(47-103)131-96)140-93-78(122)75(119)68(112)57(44-100)128-93/h40,42,52,55-63,65-96,100-106,109,111-125H,6-39,41,43-51H2,1-5H3,(H,97,107)(H,98,108)(H,99,110)/b42-40+/t52?,55-,56+,57?,58?,59?,60?,61?,62?,63?,65?,66?,67+,68-,69-,70-,71-,72+,73+,74?,75-,76+,77-,78?,79?,80?,81?,82+,83+,84+,85-,86-,87-,88?,89-,90-,91+,92+,93+,94-,95-,96-/m0/s1. The van der Waals surface area contributed by atoms with Crippen LogP contribution < -0.4 is 16.0 Å². The number of nitrogens with one attached hydrogen (secondary N) is 3. The van der Waals surface area contributed by atoms with Gasteiger partial charge in [-0.2, -0.15) is 0 Å². The molecule has 0 bridgehead atoms. The Bertz CT molecular complexity index is 3400. The summed E-state index contributed by atoms with van der Waals surface area (Å²) in [6.45, 7) is -0.336. The van der Waals surface area contributed by atoms with E-state index in [1.165, 1.54) is 167 Å². The summed E-state index contributed by atoms with van der Waals surface area (Å²) in [7, 11) is 0. The number of carbonyl (C=O) groups excluding carboxylic acids is 3. The molecule has 8 saturated heterocycles. The molecule has 141 heavy (non-hydrogen) atoms. The van der Waals surface area contributed by atoms with Crippen molar-refractivity contribution in [3.63, 3.8) is 0 Å². The number of aliphatic hydroxyl groups is 23. The Morgan fingerprint density at radius 2 is 0.582 bits per heavy atom. The van der Waals surface area contributed by atoms with Crippen molar-refractivity contribution >= 4 is 17.7 Å². The molecule has 26 N–H and O–H groups in total. The Kier molecular flexibility index (Phi) is 56.6. The highest BCUT2D eigenvalue weighted by Gasteiger charge is 2.61. The Hall–Kier alpha value is -3.41. The van der Waals surface area contributed by atoms with Crippen LogP contribution in [0.5, 0.6) is 0 Å². The van der Waals surface area contributed by atoms with Crippen LogP contribution in [0.25, 0.3) is 0 Å². The van der Waals surface area contributed by atoms with Gasteiger partial charge in [0, 0.05) is 20.3 Å². The van der Waals surface area contributed by atoms with Crippen LogP contribution in [0.1, 0.15) is 266 Å². The molecule has 0 saturated carbocycles.